The molecule has 0 saturated carbocycles. The van der Waals surface area contributed by atoms with Gasteiger partial charge in [-0.15, -0.1) is 11.3 Å². The van der Waals surface area contributed by atoms with Crippen molar-refractivity contribution in [1.82, 2.24) is 5.43 Å². The van der Waals surface area contributed by atoms with Crippen molar-refractivity contribution in [1.29, 1.82) is 0 Å². The van der Waals surface area contributed by atoms with Gasteiger partial charge in [-0.1, -0.05) is 11.2 Å². The molecule has 0 atom stereocenters. The zero-order valence-corrected chi connectivity index (χ0v) is 6.22. The molecule has 0 aliphatic rings. The van der Waals surface area contributed by atoms with Crippen molar-refractivity contribution < 1.29 is 9.59 Å². The first-order valence-electron chi connectivity index (χ1n) is 2.75. The van der Waals surface area contributed by atoms with Crippen LogP contribution in [-0.2, 0) is 4.79 Å². The van der Waals surface area contributed by atoms with Gasteiger partial charge in [-0.25, -0.2) is 10.2 Å². The Labute approximate surface area is 66.5 Å². The fourth-order valence-electron chi connectivity index (χ4n) is 0.536. The normalized spacial score (nSPS) is 8.36. The highest BCUT2D eigenvalue weighted by atomic mass is 32.1. The summed E-state index contributed by atoms with van der Waals surface area (Å²) in [6, 6.07) is 3.38. The van der Waals surface area contributed by atoms with E-state index in [1.54, 1.807) is 17.5 Å². The van der Waals surface area contributed by atoms with E-state index < -0.39 is 0 Å². The van der Waals surface area contributed by atoms with Crippen LogP contribution >= 0.6 is 11.3 Å². The summed E-state index contributed by atoms with van der Waals surface area (Å²) in [6.07, 6.45) is 1.21. The maximum Gasteiger partial charge on any atom is 0.282 e. The lowest BCUT2D eigenvalue weighted by Gasteiger charge is -1.89. The van der Waals surface area contributed by atoms with Gasteiger partial charge in [-0.05, 0) is 11.4 Å². The molecule has 0 saturated heterocycles. The molecule has 0 fully saturated rings. The first kappa shape index (κ1) is 7.65. The van der Waals surface area contributed by atoms with Gasteiger partial charge < -0.3 is 0 Å². The summed E-state index contributed by atoms with van der Waals surface area (Å²) >= 11 is 1.28. The van der Waals surface area contributed by atoms with E-state index >= 15 is 0 Å². The Morgan fingerprint density at radius 2 is 2.55 bits per heavy atom. The molecule has 0 aliphatic carbocycles. The van der Waals surface area contributed by atoms with Crippen LogP contribution in [0.2, 0.25) is 0 Å². The number of carbonyl (C=O) groups excluding carboxylic acids is 2. The van der Waals surface area contributed by atoms with Crippen molar-refractivity contribution in [3.63, 3.8) is 0 Å². The fraction of sp³-hybridized carbons (Fsp3) is 0. The number of isocyanates is 1. The highest BCUT2D eigenvalue weighted by Gasteiger charge is 2.03. The van der Waals surface area contributed by atoms with E-state index in [-0.39, 0.29) is 5.91 Å². The predicted octanol–water partition coefficient (Wildman–Crippen LogP) is 0.729. The van der Waals surface area contributed by atoms with E-state index in [0.29, 0.717) is 4.88 Å². The zero-order valence-electron chi connectivity index (χ0n) is 5.40. The minimum absolute atomic E-state index is 0.386. The molecule has 5 heteroatoms. The number of hydrazone groups is 1. The smallest absolute Gasteiger partial charge is 0.266 e. The molecule has 0 bridgehead atoms. The summed E-state index contributed by atoms with van der Waals surface area (Å²) in [7, 11) is 0. The summed E-state index contributed by atoms with van der Waals surface area (Å²) in [5, 5.41) is 4.69. The number of rotatable bonds is 2. The third-order valence-electron chi connectivity index (χ3n) is 0.948. The van der Waals surface area contributed by atoms with Crippen LogP contribution in [0.25, 0.3) is 0 Å². The summed E-state index contributed by atoms with van der Waals surface area (Å²) < 4.78 is 0. The van der Waals surface area contributed by atoms with Gasteiger partial charge >= 0.3 is 0 Å². The monoisotopic (exact) mass is 168 g/mol. The number of carbonyl (C=O) groups is 1. The second-order valence-corrected chi connectivity index (χ2v) is 2.57. The summed E-state index contributed by atoms with van der Waals surface area (Å²) in [5.41, 5.74) is 2.01. The average molecular weight is 168 g/mol. The number of nitrogens with one attached hydrogen (secondary N) is 1. The minimum atomic E-state index is -0.386. The molecule has 0 unspecified atom stereocenters. The second-order valence-electron chi connectivity index (χ2n) is 1.62. The Morgan fingerprint density at radius 1 is 1.73 bits per heavy atom. The van der Waals surface area contributed by atoms with E-state index in [0.717, 1.165) is 0 Å². The van der Waals surface area contributed by atoms with Gasteiger partial charge in [0.2, 0.25) is 0 Å². The summed E-state index contributed by atoms with van der Waals surface area (Å²) in [6.45, 7) is 0. The van der Waals surface area contributed by atoms with Gasteiger partial charge in [-0.3, -0.25) is 4.79 Å². The molecule has 1 aromatic rings. The Hall–Kier alpha value is -1.45. The van der Waals surface area contributed by atoms with Crippen LogP contribution in [-0.4, -0.2) is 12.0 Å². The third kappa shape index (κ3) is 2.00. The number of nitrogens with zero attached hydrogens (tertiary/aromatic N) is 1. The van der Waals surface area contributed by atoms with E-state index in [9.17, 15) is 9.59 Å². The third-order valence-corrected chi connectivity index (χ3v) is 1.82. The van der Waals surface area contributed by atoms with Gasteiger partial charge in [-0.2, -0.15) is 0 Å². The zero-order chi connectivity index (χ0) is 8.10. The van der Waals surface area contributed by atoms with Gasteiger partial charge in [0.1, 0.15) is 0 Å². The number of amides is 1. The molecule has 1 aromatic heterocycles. The molecule has 1 rings (SSSR count). The molecule has 0 aromatic carbocycles. The molecule has 0 radical (unpaired) electrons. The Morgan fingerprint density at radius 3 is 3.09 bits per heavy atom. The Balaban J connectivity index is 2.63. The lowest BCUT2D eigenvalue weighted by atomic mass is 10.5. The highest BCUT2D eigenvalue weighted by molar-refractivity contribution is 7.12. The van der Waals surface area contributed by atoms with E-state index in [1.165, 1.54) is 17.4 Å². The SMILES string of the molecule is O=C=NNC(=O)c1cccs1. The molecule has 1 heterocycles. The standard InChI is InChI=1S/C6H4N2O2S/c9-4-7-8-6(10)5-2-1-3-11-5/h1-3H,(H,8,10). The van der Waals surface area contributed by atoms with Crippen LogP contribution in [0.5, 0.6) is 0 Å². The van der Waals surface area contributed by atoms with Crippen molar-refractivity contribution in [2.24, 2.45) is 5.10 Å². The van der Waals surface area contributed by atoms with E-state index in [1.807, 2.05) is 5.43 Å². The Bertz CT molecular complexity index is 288. The van der Waals surface area contributed by atoms with Crippen molar-refractivity contribution in [3.8, 4) is 0 Å². The van der Waals surface area contributed by atoms with Crippen LogP contribution < -0.4 is 5.43 Å². The molecule has 0 aliphatic heterocycles. The highest BCUT2D eigenvalue weighted by Crippen LogP contribution is 2.07. The predicted molar refractivity (Wildman–Crippen MR) is 39.9 cm³/mol. The summed E-state index contributed by atoms with van der Waals surface area (Å²) in [4.78, 5) is 21.0. The number of hydrogen-bond donors (Lipinski definition) is 1. The van der Waals surface area contributed by atoms with Gasteiger partial charge in [0.05, 0.1) is 4.88 Å². The first-order valence-corrected chi connectivity index (χ1v) is 3.63. The molecule has 1 N–H and O–H groups in total. The minimum Gasteiger partial charge on any atom is -0.266 e. The Kier molecular flexibility index (Phi) is 2.54. The molecular weight excluding hydrogens is 164 g/mol. The maximum absolute atomic E-state index is 10.9. The molecule has 11 heavy (non-hydrogen) atoms. The number of hydrogen-bond acceptors (Lipinski definition) is 4. The van der Waals surface area contributed by atoms with Gasteiger partial charge in [0, 0.05) is 0 Å². The van der Waals surface area contributed by atoms with Crippen molar-refractivity contribution in [2.45, 2.75) is 0 Å². The number of thiophene rings is 1. The summed E-state index contributed by atoms with van der Waals surface area (Å²) in [5.74, 6) is -0.386. The van der Waals surface area contributed by atoms with E-state index in [2.05, 4.69) is 5.10 Å². The lowest BCUT2D eigenvalue weighted by Crippen LogP contribution is -2.15. The van der Waals surface area contributed by atoms with E-state index in [4.69, 9.17) is 0 Å². The fourth-order valence-corrected chi connectivity index (χ4v) is 1.15. The van der Waals surface area contributed by atoms with Crippen LogP contribution in [0.4, 0.5) is 0 Å². The quantitative estimate of drug-likeness (QED) is 0.402. The van der Waals surface area contributed by atoms with Crippen LogP contribution in [0, 0.1) is 0 Å². The van der Waals surface area contributed by atoms with Crippen LogP contribution in [0.1, 0.15) is 9.67 Å². The topological polar surface area (TPSA) is 58.5 Å². The molecule has 0 spiro atoms. The first-order chi connectivity index (χ1) is 5.34. The maximum atomic E-state index is 10.9. The largest absolute Gasteiger partial charge is 0.282 e. The van der Waals surface area contributed by atoms with Crippen molar-refractivity contribution in [2.75, 3.05) is 0 Å². The molecule has 1 amide bonds. The molecule has 4 nitrogen and oxygen atoms in total. The second kappa shape index (κ2) is 3.65. The van der Waals surface area contributed by atoms with Crippen LogP contribution in [0.15, 0.2) is 22.6 Å². The molecule has 56 valence electrons. The average Bonchev–Trinajstić information content (AvgIpc) is 2.52. The lowest BCUT2D eigenvalue weighted by molar-refractivity contribution is 0.0958. The van der Waals surface area contributed by atoms with Gasteiger partial charge in [0.25, 0.3) is 12.0 Å². The van der Waals surface area contributed by atoms with Crippen molar-refractivity contribution in [3.05, 3.63) is 22.4 Å². The van der Waals surface area contributed by atoms with Crippen molar-refractivity contribution >= 4 is 23.3 Å². The van der Waals surface area contributed by atoms with Gasteiger partial charge in [0.15, 0.2) is 0 Å². The van der Waals surface area contributed by atoms with Crippen LogP contribution in [0.3, 0.4) is 0 Å². The molecular formula is C6H4N2O2S.